The Bertz CT molecular complexity index is 418. The molecule has 0 amide bonds. The van der Waals surface area contributed by atoms with E-state index in [1.807, 2.05) is 6.92 Å². The van der Waals surface area contributed by atoms with Gasteiger partial charge in [-0.3, -0.25) is 4.79 Å². The van der Waals surface area contributed by atoms with E-state index in [1.165, 1.54) is 7.11 Å². The van der Waals surface area contributed by atoms with Crippen LogP contribution in [0.5, 0.6) is 17.2 Å². The van der Waals surface area contributed by atoms with E-state index in [0.29, 0.717) is 36.0 Å². The molecular weight excluding hydrogens is 234 g/mol. The average molecular weight is 253 g/mol. The second-order valence-electron chi connectivity index (χ2n) is 3.60. The van der Waals surface area contributed by atoms with Crippen molar-refractivity contribution in [2.75, 3.05) is 27.4 Å². The van der Waals surface area contributed by atoms with Gasteiger partial charge in [0.2, 0.25) is 0 Å². The largest absolute Gasteiger partial charge is 0.496 e. The van der Waals surface area contributed by atoms with Crippen LogP contribution >= 0.6 is 0 Å². The van der Waals surface area contributed by atoms with Gasteiger partial charge in [0, 0.05) is 12.5 Å². The molecule has 0 unspecified atom stereocenters. The quantitative estimate of drug-likeness (QED) is 0.748. The molecule has 0 radical (unpaired) electrons. The number of carbonyl (C=O) groups is 1. The van der Waals surface area contributed by atoms with Gasteiger partial charge in [0.1, 0.15) is 5.75 Å². The summed E-state index contributed by atoms with van der Waals surface area (Å²) >= 11 is 0. The molecule has 1 aromatic carbocycles. The molecule has 2 N–H and O–H groups in total. The van der Waals surface area contributed by atoms with Gasteiger partial charge in [0.15, 0.2) is 17.3 Å². The molecule has 5 heteroatoms. The molecule has 1 aromatic rings. The SMILES string of the molecule is CCOc1cc(C(=O)CCN)c(OC)cc1OC. The lowest BCUT2D eigenvalue weighted by molar-refractivity contribution is 0.0982. The van der Waals surface area contributed by atoms with Crippen molar-refractivity contribution in [3.05, 3.63) is 17.7 Å². The zero-order chi connectivity index (χ0) is 13.5. The summed E-state index contributed by atoms with van der Waals surface area (Å²) in [6, 6.07) is 3.29. The fourth-order valence-corrected chi connectivity index (χ4v) is 1.62. The maximum atomic E-state index is 11.9. The van der Waals surface area contributed by atoms with E-state index < -0.39 is 0 Å². The number of nitrogens with two attached hydrogens (primary N) is 1. The van der Waals surface area contributed by atoms with Crippen LogP contribution in [0.2, 0.25) is 0 Å². The summed E-state index contributed by atoms with van der Waals surface area (Å²) in [5.41, 5.74) is 5.86. The number of rotatable bonds is 7. The predicted molar refractivity (Wildman–Crippen MR) is 68.7 cm³/mol. The topological polar surface area (TPSA) is 70.8 Å². The number of Topliss-reactive ketones (excluding diaryl/α,β-unsaturated/α-hetero) is 1. The summed E-state index contributed by atoms with van der Waals surface area (Å²) in [5.74, 6) is 1.46. The Morgan fingerprint density at radius 1 is 1.17 bits per heavy atom. The second-order valence-corrected chi connectivity index (χ2v) is 3.60. The van der Waals surface area contributed by atoms with Gasteiger partial charge in [0.05, 0.1) is 26.4 Å². The smallest absolute Gasteiger partial charge is 0.167 e. The molecule has 0 aliphatic rings. The summed E-state index contributed by atoms with van der Waals surface area (Å²) in [7, 11) is 3.05. The van der Waals surface area contributed by atoms with E-state index in [1.54, 1.807) is 19.2 Å². The van der Waals surface area contributed by atoms with Crippen molar-refractivity contribution in [2.45, 2.75) is 13.3 Å². The molecule has 0 fully saturated rings. The Morgan fingerprint density at radius 3 is 2.33 bits per heavy atom. The second kappa shape index (κ2) is 6.86. The molecule has 5 nitrogen and oxygen atoms in total. The predicted octanol–water partition coefficient (Wildman–Crippen LogP) is 1.63. The normalized spacial score (nSPS) is 10.0. The first-order valence-corrected chi connectivity index (χ1v) is 5.80. The van der Waals surface area contributed by atoms with Crippen molar-refractivity contribution in [3.8, 4) is 17.2 Å². The standard InChI is InChI=1S/C13H19NO4/c1-4-18-13-7-9(10(15)5-6-14)11(16-2)8-12(13)17-3/h7-8H,4-6,14H2,1-3H3. The number of methoxy groups -OCH3 is 2. The minimum absolute atomic E-state index is 0.0713. The Hall–Kier alpha value is -1.75. The van der Waals surface area contributed by atoms with Crippen molar-refractivity contribution >= 4 is 5.78 Å². The van der Waals surface area contributed by atoms with E-state index in [0.717, 1.165) is 0 Å². The third-order valence-corrected chi connectivity index (χ3v) is 2.46. The van der Waals surface area contributed by atoms with Crippen LogP contribution in [0.15, 0.2) is 12.1 Å². The molecule has 0 aliphatic carbocycles. The van der Waals surface area contributed by atoms with Gasteiger partial charge >= 0.3 is 0 Å². The Morgan fingerprint density at radius 2 is 1.83 bits per heavy atom. The summed E-state index contributed by atoms with van der Waals surface area (Å²) in [4.78, 5) is 11.9. The van der Waals surface area contributed by atoms with Crippen molar-refractivity contribution in [3.63, 3.8) is 0 Å². The number of carbonyl (C=O) groups excluding carboxylic acids is 1. The Labute approximate surface area is 107 Å². The lowest BCUT2D eigenvalue weighted by atomic mass is 10.1. The van der Waals surface area contributed by atoms with Gasteiger partial charge in [-0.25, -0.2) is 0 Å². The molecule has 100 valence electrons. The van der Waals surface area contributed by atoms with Gasteiger partial charge in [-0.05, 0) is 19.5 Å². The van der Waals surface area contributed by atoms with Gasteiger partial charge in [0.25, 0.3) is 0 Å². The number of hydrogen-bond donors (Lipinski definition) is 1. The highest BCUT2D eigenvalue weighted by Crippen LogP contribution is 2.35. The van der Waals surface area contributed by atoms with Gasteiger partial charge < -0.3 is 19.9 Å². The highest BCUT2D eigenvalue weighted by atomic mass is 16.5. The van der Waals surface area contributed by atoms with Crippen LogP contribution in [-0.4, -0.2) is 33.2 Å². The van der Waals surface area contributed by atoms with Crippen molar-refractivity contribution in [1.82, 2.24) is 0 Å². The van der Waals surface area contributed by atoms with E-state index >= 15 is 0 Å². The third-order valence-electron chi connectivity index (χ3n) is 2.46. The van der Waals surface area contributed by atoms with Crippen molar-refractivity contribution < 1.29 is 19.0 Å². The molecule has 0 aliphatic heterocycles. The van der Waals surface area contributed by atoms with Crippen LogP contribution < -0.4 is 19.9 Å². The molecule has 0 aromatic heterocycles. The summed E-state index contributed by atoms with van der Waals surface area (Å²) in [5, 5.41) is 0. The molecule has 1 rings (SSSR count). The summed E-state index contributed by atoms with van der Waals surface area (Å²) in [6.07, 6.45) is 0.272. The summed E-state index contributed by atoms with van der Waals surface area (Å²) < 4.78 is 15.8. The monoisotopic (exact) mass is 253 g/mol. The fraction of sp³-hybridized carbons (Fsp3) is 0.462. The van der Waals surface area contributed by atoms with Crippen LogP contribution in [0.4, 0.5) is 0 Å². The van der Waals surface area contributed by atoms with Gasteiger partial charge in [-0.2, -0.15) is 0 Å². The lowest BCUT2D eigenvalue weighted by Gasteiger charge is -2.14. The number of benzene rings is 1. The minimum atomic E-state index is -0.0713. The van der Waals surface area contributed by atoms with Crippen molar-refractivity contribution in [2.24, 2.45) is 5.73 Å². The van der Waals surface area contributed by atoms with Crippen LogP contribution in [0.25, 0.3) is 0 Å². The van der Waals surface area contributed by atoms with Crippen LogP contribution in [0.3, 0.4) is 0 Å². The van der Waals surface area contributed by atoms with E-state index in [-0.39, 0.29) is 12.2 Å². The molecule has 0 heterocycles. The highest BCUT2D eigenvalue weighted by Gasteiger charge is 2.17. The maximum Gasteiger partial charge on any atom is 0.167 e. The lowest BCUT2D eigenvalue weighted by Crippen LogP contribution is -2.10. The first-order valence-electron chi connectivity index (χ1n) is 5.80. The minimum Gasteiger partial charge on any atom is -0.496 e. The zero-order valence-electron chi connectivity index (χ0n) is 11.0. The number of hydrogen-bond acceptors (Lipinski definition) is 5. The number of ketones is 1. The molecule has 0 saturated carbocycles. The van der Waals surface area contributed by atoms with E-state index in [4.69, 9.17) is 19.9 Å². The zero-order valence-corrected chi connectivity index (χ0v) is 11.0. The van der Waals surface area contributed by atoms with E-state index in [2.05, 4.69) is 0 Å². The molecule has 0 spiro atoms. The molecule has 0 bridgehead atoms. The first-order chi connectivity index (χ1) is 8.67. The van der Waals surface area contributed by atoms with Crippen LogP contribution in [0.1, 0.15) is 23.7 Å². The first kappa shape index (κ1) is 14.3. The highest BCUT2D eigenvalue weighted by molar-refractivity contribution is 5.99. The summed E-state index contributed by atoms with van der Waals surface area (Å²) in [6.45, 7) is 2.66. The number of ether oxygens (including phenoxy) is 3. The Balaban J connectivity index is 3.22. The van der Waals surface area contributed by atoms with Crippen molar-refractivity contribution in [1.29, 1.82) is 0 Å². The molecule has 18 heavy (non-hydrogen) atoms. The molecule has 0 atom stereocenters. The fourth-order valence-electron chi connectivity index (χ4n) is 1.62. The van der Waals surface area contributed by atoms with Crippen LogP contribution in [-0.2, 0) is 0 Å². The van der Waals surface area contributed by atoms with Gasteiger partial charge in [-0.1, -0.05) is 0 Å². The average Bonchev–Trinajstić information content (AvgIpc) is 2.38. The van der Waals surface area contributed by atoms with E-state index in [9.17, 15) is 4.79 Å². The van der Waals surface area contributed by atoms with Gasteiger partial charge in [-0.15, -0.1) is 0 Å². The third kappa shape index (κ3) is 3.13. The Kier molecular flexibility index (Phi) is 5.45. The maximum absolute atomic E-state index is 11.9. The molecular formula is C13H19NO4. The molecule has 0 saturated heterocycles. The van der Waals surface area contributed by atoms with Crippen LogP contribution in [0, 0.1) is 0 Å².